The van der Waals surface area contributed by atoms with E-state index in [1.807, 2.05) is 83.8 Å². The molecule has 0 aliphatic carbocycles. The maximum Gasteiger partial charge on any atom is 0.257 e. The fourth-order valence-corrected chi connectivity index (χ4v) is 3.20. The molecule has 3 rings (SSSR count). The summed E-state index contributed by atoms with van der Waals surface area (Å²) in [4.78, 5) is 15.2. The van der Waals surface area contributed by atoms with E-state index >= 15 is 0 Å². The Hall–Kier alpha value is -3.31. The third-order valence-corrected chi connectivity index (χ3v) is 4.78. The zero-order valence-corrected chi connectivity index (χ0v) is 17.3. The molecule has 0 fully saturated rings. The Morgan fingerprint density at radius 2 is 1.67 bits per heavy atom. The maximum absolute atomic E-state index is 13.4. The van der Waals surface area contributed by atoms with Gasteiger partial charge in [-0.1, -0.05) is 54.6 Å². The summed E-state index contributed by atoms with van der Waals surface area (Å²) in [7, 11) is 1.64. The van der Waals surface area contributed by atoms with Crippen molar-refractivity contribution in [3.05, 3.63) is 95.6 Å². The van der Waals surface area contributed by atoms with Crippen LogP contribution in [0, 0.1) is 0 Å². The summed E-state index contributed by atoms with van der Waals surface area (Å²) in [6.45, 7) is 1.97. The number of nitrogens with zero attached hydrogens (tertiary/aromatic N) is 1. The molecule has 0 aliphatic rings. The molecule has 156 valence electrons. The summed E-state index contributed by atoms with van der Waals surface area (Å²) >= 11 is 0. The van der Waals surface area contributed by atoms with Gasteiger partial charge in [0.2, 0.25) is 0 Å². The first-order valence-electron chi connectivity index (χ1n) is 10.1. The second kappa shape index (κ2) is 11.0. The summed E-state index contributed by atoms with van der Waals surface area (Å²) in [5.41, 5.74) is 8.32. The van der Waals surface area contributed by atoms with Gasteiger partial charge < -0.3 is 20.1 Å². The number of carbonyl (C=O) groups excluding carboxylic acids is 1. The molecule has 0 aromatic heterocycles. The van der Waals surface area contributed by atoms with Gasteiger partial charge in [-0.2, -0.15) is 0 Å². The SMILES string of the molecule is COc1cccc(CN(CCCN)C(=O)c2ccccc2OCc2ccccc2)c1. The smallest absolute Gasteiger partial charge is 0.257 e. The quantitative estimate of drug-likeness (QED) is 0.548. The van der Waals surface area contributed by atoms with E-state index in [1.54, 1.807) is 7.11 Å². The van der Waals surface area contributed by atoms with Gasteiger partial charge in [0.25, 0.3) is 5.91 Å². The minimum absolute atomic E-state index is 0.0741. The molecule has 30 heavy (non-hydrogen) atoms. The number of carbonyl (C=O) groups is 1. The topological polar surface area (TPSA) is 64.8 Å². The van der Waals surface area contributed by atoms with Crippen molar-refractivity contribution in [2.24, 2.45) is 5.73 Å². The Kier molecular flexibility index (Phi) is 7.86. The zero-order valence-electron chi connectivity index (χ0n) is 17.3. The fraction of sp³-hybridized carbons (Fsp3) is 0.240. The highest BCUT2D eigenvalue weighted by Crippen LogP contribution is 2.23. The predicted molar refractivity (Wildman–Crippen MR) is 119 cm³/mol. The van der Waals surface area contributed by atoms with Crippen molar-refractivity contribution < 1.29 is 14.3 Å². The van der Waals surface area contributed by atoms with Crippen molar-refractivity contribution in [1.29, 1.82) is 0 Å². The van der Waals surface area contributed by atoms with Crippen LogP contribution in [-0.4, -0.2) is 31.0 Å². The fourth-order valence-electron chi connectivity index (χ4n) is 3.20. The van der Waals surface area contributed by atoms with Gasteiger partial charge in [-0.05, 0) is 48.4 Å². The van der Waals surface area contributed by atoms with Crippen molar-refractivity contribution in [3.8, 4) is 11.5 Å². The normalized spacial score (nSPS) is 10.5. The van der Waals surface area contributed by atoms with Crippen LogP contribution < -0.4 is 15.2 Å². The predicted octanol–water partition coefficient (Wildman–Crippen LogP) is 4.27. The average Bonchev–Trinajstić information content (AvgIpc) is 2.81. The van der Waals surface area contributed by atoms with Gasteiger partial charge in [0.1, 0.15) is 18.1 Å². The molecule has 0 saturated heterocycles. The second-order valence-corrected chi connectivity index (χ2v) is 6.99. The molecular weight excluding hydrogens is 376 g/mol. The Morgan fingerprint density at radius 3 is 2.43 bits per heavy atom. The minimum atomic E-state index is -0.0741. The lowest BCUT2D eigenvalue weighted by Crippen LogP contribution is -2.32. The molecule has 5 heteroatoms. The first kappa shape index (κ1) is 21.4. The number of methoxy groups -OCH3 is 1. The number of benzene rings is 3. The molecule has 3 aromatic rings. The van der Waals surface area contributed by atoms with Gasteiger partial charge >= 0.3 is 0 Å². The van der Waals surface area contributed by atoms with E-state index < -0.39 is 0 Å². The summed E-state index contributed by atoms with van der Waals surface area (Å²) in [6, 6.07) is 25.0. The number of hydrogen-bond donors (Lipinski definition) is 1. The van der Waals surface area contributed by atoms with Crippen LogP contribution >= 0.6 is 0 Å². The molecule has 0 radical (unpaired) electrons. The monoisotopic (exact) mass is 404 g/mol. The van der Waals surface area contributed by atoms with Gasteiger partial charge in [-0.25, -0.2) is 0 Å². The largest absolute Gasteiger partial charge is 0.497 e. The van der Waals surface area contributed by atoms with Gasteiger partial charge in [-0.3, -0.25) is 4.79 Å². The number of ether oxygens (including phenoxy) is 2. The van der Waals surface area contributed by atoms with E-state index in [0.717, 1.165) is 23.3 Å². The molecule has 2 N–H and O–H groups in total. The van der Waals surface area contributed by atoms with Crippen molar-refractivity contribution in [3.63, 3.8) is 0 Å². The highest BCUT2D eigenvalue weighted by molar-refractivity contribution is 5.96. The molecule has 0 unspecified atom stereocenters. The summed E-state index contributed by atoms with van der Waals surface area (Å²) in [5.74, 6) is 1.27. The number of amides is 1. The van der Waals surface area contributed by atoms with Gasteiger partial charge in [-0.15, -0.1) is 0 Å². The van der Waals surface area contributed by atoms with Crippen molar-refractivity contribution in [1.82, 2.24) is 4.90 Å². The van der Waals surface area contributed by atoms with Crippen LogP contribution in [0.5, 0.6) is 11.5 Å². The van der Waals surface area contributed by atoms with Crippen LogP contribution in [0.2, 0.25) is 0 Å². The van der Waals surface area contributed by atoms with Crippen LogP contribution in [-0.2, 0) is 13.2 Å². The van der Waals surface area contributed by atoms with Crippen LogP contribution in [0.3, 0.4) is 0 Å². The van der Waals surface area contributed by atoms with E-state index in [0.29, 0.717) is 37.6 Å². The molecule has 0 atom stereocenters. The standard InChI is InChI=1S/C25H28N2O3/c1-29-22-12-7-11-21(17-22)18-27(16-8-15-26)25(28)23-13-5-6-14-24(23)30-19-20-9-3-2-4-10-20/h2-7,9-14,17H,8,15-16,18-19,26H2,1H3. The summed E-state index contributed by atoms with van der Waals surface area (Å²) < 4.78 is 11.3. The van der Waals surface area contributed by atoms with Crippen LogP contribution in [0.4, 0.5) is 0 Å². The summed E-state index contributed by atoms with van der Waals surface area (Å²) in [5, 5.41) is 0. The third kappa shape index (κ3) is 5.84. The first-order chi connectivity index (χ1) is 14.7. The number of nitrogens with two attached hydrogens (primary N) is 1. The average molecular weight is 405 g/mol. The molecule has 0 bridgehead atoms. The van der Waals surface area contributed by atoms with Crippen LogP contribution in [0.1, 0.15) is 27.9 Å². The van der Waals surface area contributed by atoms with Crippen molar-refractivity contribution in [2.45, 2.75) is 19.6 Å². The molecule has 0 aliphatic heterocycles. The Balaban J connectivity index is 1.79. The lowest BCUT2D eigenvalue weighted by atomic mass is 10.1. The Labute approximate surface area is 178 Å². The van der Waals surface area contributed by atoms with E-state index in [1.165, 1.54) is 0 Å². The molecule has 0 saturated carbocycles. The van der Waals surface area contributed by atoms with E-state index in [4.69, 9.17) is 15.2 Å². The summed E-state index contributed by atoms with van der Waals surface area (Å²) in [6.07, 6.45) is 0.725. The van der Waals surface area contributed by atoms with E-state index in [9.17, 15) is 4.79 Å². The van der Waals surface area contributed by atoms with Crippen molar-refractivity contribution in [2.75, 3.05) is 20.2 Å². The lowest BCUT2D eigenvalue weighted by Gasteiger charge is -2.24. The molecule has 0 spiro atoms. The Bertz CT molecular complexity index is 944. The maximum atomic E-state index is 13.4. The van der Waals surface area contributed by atoms with Gasteiger partial charge in [0.15, 0.2) is 0 Å². The lowest BCUT2D eigenvalue weighted by molar-refractivity contribution is 0.0737. The van der Waals surface area contributed by atoms with Crippen LogP contribution in [0.25, 0.3) is 0 Å². The zero-order chi connectivity index (χ0) is 21.2. The molecule has 3 aromatic carbocycles. The number of hydrogen-bond acceptors (Lipinski definition) is 4. The van der Waals surface area contributed by atoms with Gasteiger partial charge in [0, 0.05) is 13.1 Å². The number of para-hydroxylation sites is 1. The molecule has 1 amide bonds. The van der Waals surface area contributed by atoms with E-state index in [-0.39, 0.29) is 5.91 Å². The van der Waals surface area contributed by atoms with Gasteiger partial charge in [0.05, 0.1) is 12.7 Å². The third-order valence-electron chi connectivity index (χ3n) is 4.78. The van der Waals surface area contributed by atoms with Crippen molar-refractivity contribution >= 4 is 5.91 Å². The molecule has 5 nitrogen and oxygen atoms in total. The second-order valence-electron chi connectivity index (χ2n) is 6.99. The molecular formula is C25H28N2O3. The Morgan fingerprint density at radius 1 is 0.933 bits per heavy atom. The first-order valence-corrected chi connectivity index (χ1v) is 10.1. The highest BCUT2D eigenvalue weighted by Gasteiger charge is 2.20. The minimum Gasteiger partial charge on any atom is -0.497 e. The van der Waals surface area contributed by atoms with Crippen LogP contribution in [0.15, 0.2) is 78.9 Å². The highest BCUT2D eigenvalue weighted by atomic mass is 16.5. The number of rotatable bonds is 10. The van der Waals surface area contributed by atoms with E-state index in [2.05, 4.69) is 0 Å². The molecule has 0 heterocycles.